The number of benzene rings is 4. The molecule has 0 amide bonds. The standard InChI is InChI=1S/C45H34O8/c1-8-41(46)53-42-37(18-12-33-13-23-38(24-14-33)51-44(48)30(4)5)20-19-36(40(42)27-28-50-43(47)29(2)3)17-11-32-9-15-34(16-10-32)35-21-25-39(26-22-35)52-45(49)31(6)7/h8-10,13-16,19-28H,1-2,4,6H2,3,5,7H3/b28-27+. The second-order valence-corrected chi connectivity index (χ2v) is 11.5. The molecule has 4 aromatic rings. The van der Waals surface area contributed by atoms with Gasteiger partial charge in [0, 0.05) is 45.0 Å². The van der Waals surface area contributed by atoms with Crippen molar-refractivity contribution in [1.82, 2.24) is 0 Å². The van der Waals surface area contributed by atoms with Crippen LogP contribution in [-0.4, -0.2) is 23.9 Å². The van der Waals surface area contributed by atoms with Crippen molar-refractivity contribution in [3.63, 3.8) is 0 Å². The summed E-state index contributed by atoms with van der Waals surface area (Å²) in [7, 11) is 0. The van der Waals surface area contributed by atoms with Crippen LogP contribution in [0.15, 0.2) is 140 Å². The summed E-state index contributed by atoms with van der Waals surface area (Å²) in [6.45, 7) is 18.9. The molecule has 0 radical (unpaired) electrons. The van der Waals surface area contributed by atoms with Gasteiger partial charge in [0.1, 0.15) is 11.5 Å². The van der Waals surface area contributed by atoms with Crippen LogP contribution in [0.1, 0.15) is 48.6 Å². The molecule has 0 heterocycles. The maximum atomic E-state index is 12.5. The minimum absolute atomic E-state index is 0.0663. The topological polar surface area (TPSA) is 105 Å². The maximum absolute atomic E-state index is 12.5. The van der Waals surface area contributed by atoms with Crippen molar-refractivity contribution in [3.8, 4) is 52.1 Å². The number of rotatable bonds is 10. The first kappa shape index (κ1) is 38.4. The van der Waals surface area contributed by atoms with Crippen LogP contribution in [0.5, 0.6) is 17.2 Å². The van der Waals surface area contributed by atoms with Crippen molar-refractivity contribution in [1.29, 1.82) is 0 Å². The lowest BCUT2D eigenvalue weighted by Gasteiger charge is -2.11. The number of carbonyl (C=O) groups is 4. The molecule has 0 aliphatic heterocycles. The molecular weight excluding hydrogens is 668 g/mol. The van der Waals surface area contributed by atoms with Crippen LogP contribution in [0.25, 0.3) is 17.2 Å². The molecule has 0 aromatic heterocycles. The van der Waals surface area contributed by atoms with E-state index >= 15 is 0 Å². The monoisotopic (exact) mass is 702 g/mol. The number of hydrogen-bond donors (Lipinski definition) is 0. The van der Waals surface area contributed by atoms with E-state index in [1.54, 1.807) is 62.4 Å². The molecule has 0 bridgehead atoms. The highest BCUT2D eigenvalue weighted by atomic mass is 16.5. The van der Waals surface area contributed by atoms with Crippen LogP contribution in [0.2, 0.25) is 0 Å². The third-order valence-corrected chi connectivity index (χ3v) is 7.05. The van der Waals surface area contributed by atoms with E-state index in [9.17, 15) is 19.2 Å². The van der Waals surface area contributed by atoms with Crippen molar-refractivity contribution < 1.29 is 38.1 Å². The average Bonchev–Trinajstić information content (AvgIpc) is 3.15. The van der Waals surface area contributed by atoms with Crippen molar-refractivity contribution in [2.24, 2.45) is 0 Å². The fourth-order valence-electron chi connectivity index (χ4n) is 4.22. The third-order valence-electron chi connectivity index (χ3n) is 7.05. The molecule has 4 rings (SSSR count). The van der Waals surface area contributed by atoms with E-state index < -0.39 is 23.9 Å². The first-order valence-corrected chi connectivity index (χ1v) is 16.0. The van der Waals surface area contributed by atoms with Crippen LogP contribution >= 0.6 is 0 Å². The molecule has 0 saturated heterocycles. The maximum Gasteiger partial charge on any atom is 0.338 e. The van der Waals surface area contributed by atoms with Gasteiger partial charge in [-0.05, 0) is 98.6 Å². The van der Waals surface area contributed by atoms with Gasteiger partial charge in [0.25, 0.3) is 0 Å². The SMILES string of the molecule is C=CC(=O)Oc1c(C#Cc2ccc(OC(=O)C(=C)C)cc2)ccc(C#Cc2ccc(-c3ccc(OC(=O)C(=C)C)cc3)cc2)c1/C=C/OC(=O)C(=C)C. The summed E-state index contributed by atoms with van der Waals surface area (Å²) in [4.78, 5) is 48.3. The highest BCUT2D eigenvalue weighted by molar-refractivity contribution is 5.90. The Morgan fingerprint density at radius 1 is 0.547 bits per heavy atom. The summed E-state index contributed by atoms with van der Waals surface area (Å²) in [5, 5.41) is 0. The summed E-state index contributed by atoms with van der Waals surface area (Å²) in [5.74, 6) is 10.7. The lowest BCUT2D eigenvalue weighted by Crippen LogP contribution is -2.08. The Morgan fingerprint density at radius 2 is 0.981 bits per heavy atom. The van der Waals surface area contributed by atoms with Gasteiger partial charge < -0.3 is 18.9 Å². The minimum Gasteiger partial charge on any atom is -0.431 e. The van der Waals surface area contributed by atoms with Gasteiger partial charge in [-0.2, -0.15) is 0 Å². The highest BCUT2D eigenvalue weighted by Gasteiger charge is 2.15. The van der Waals surface area contributed by atoms with E-state index in [4.69, 9.17) is 18.9 Å². The smallest absolute Gasteiger partial charge is 0.338 e. The van der Waals surface area contributed by atoms with Gasteiger partial charge in [0.2, 0.25) is 0 Å². The Bertz CT molecular complexity index is 2280. The third kappa shape index (κ3) is 11.0. The van der Waals surface area contributed by atoms with Gasteiger partial charge >= 0.3 is 23.9 Å². The molecule has 0 fully saturated rings. The van der Waals surface area contributed by atoms with Crippen LogP contribution in [0.4, 0.5) is 0 Å². The molecule has 4 aromatic carbocycles. The zero-order valence-corrected chi connectivity index (χ0v) is 29.4. The molecule has 53 heavy (non-hydrogen) atoms. The zero-order valence-electron chi connectivity index (χ0n) is 29.4. The van der Waals surface area contributed by atoms with E-state index in [0.717, 1.165) is 23.5 Å². The zero-order chi connectivity index (χ0) is 38.5. The summed E-state index contributed by atoms with van der Waals surface area (Å²) < 4.78 is 21.4. The summed E-state index contributed by atoms with van der Waals surface area (Å²) in [6.07, 6.45) is 3.62. The highest BCUT2D eigenvalue weighted by Crippen LogP contribution is 2.30. The molecular formula is C45H34O8. The van der Waals surface area contributed by atoms with E-state index in [1.165, 1.54) is 13.0 Å². The van der Waals surface area contributed by atoms with Gasteiger partial charge in [-0.3, -0.25) is 0 Å². The molecule has 0 aliphatic carbocycles. The first-order chi connectivity index (χ1) is 25.3. The van der Waals surface area contributed by atoms with Crippen LogP contribution < -0.4 is 14.2 Å². The fourth-order valence-corrected chi connectivity index (χ4v) is 4.22. The summed E-state index contributed by atoms with van der Waals surface area (Å²) in [5.41, 5.74) is 4.96. The van der Waals surface area contributed by atoms with Crippen LogP contribution in [-0.2, 0) is 23.9 Å². The van der Waals surface area contributed by atoms with Crippen LogP contribution in [0, 0.1) is 23.7 Å². The molecule has 0 N–H and O–H groups in total. The Kier molecular flexibility index (Phi) is 13.0. The second-order valence-electron chi connectivity index (χ2n) is 11.5. The van der Waals surface area contributed by atoms with E-state index in [1.807, 2.05) is 36.4 Å². The van der Waals surface area contributed by atoms with E-state index in [-0.39, 0.29) is 16.9 Å². The molecule has 8 nitrogen and oxygen atoms in total. The van der Waals surface area contributed by atoms with E-state index in [0.29, 0.717) is 44.9 Å². The minimum atomic E-state index is -0.743. The van der Waals surface area contributed by atoms with E-state index in [2.05, 4.69) is 50.0 Å². The van der Waals surface area contributed by atoms with Gasteiger partial charge in [-0.25, -0.2) is 19.2 Å². The van der Waals surface area contributed by atoms with Gasteiger partial charge in [0.15, 0.2) is 5.75 Å². The molecule has 262 valence electrons. The predicted molar refractivity (Wildman–Crippen MR) is 203 cm³/mol. The fraction of sp³-hybridized carbons (Fsp3) is 0.0667. The van der Waals surface area contributed by atoms with Crippen molar-refractivity contribution >= 4 is 30.0 Å². The molecule has 8 heteroatoms. The van der Waals surface area contributed by atoms with Gasteiger partial charge in [0.05, 0.1) is 11.8 Å². The van der Waals surface area contributed by atoms with Crippen molar-refractivity contribution in [2.75, 3.05) is 0 Å². The molecule has 0 aliphatic rings. The summed E-state index contributed by atoms with van der Waals surface area (Å²) >= 11 is 0. The first-order valence-electron chi connectivity index (χ1n) is 16.0. The summed E-state index contributed by atoms with van der Waals surface area (Å²) in [6, 6.07) is 24.5. The van der Waals surface area contributed by atoms with Gasteiger partial charge in [-0.1, -0.05) is 74.3 Å². The Hall–Kier alpha value is -7.42. The van der Waals surface area contributed by atoms with Crippen molar-refractivity contribution in [3.05, 3.63) is 168 Å². The molecule has 0 spiro atoms. The molecule has 0 saturated carbocycles. The Labute approximate surface area is 308 Å². The number of hydrogen-bond acceptors (Lipinski definition) is 8. The van der Waals surface area contributed by atoms with Crippen molar-refractivity contribution in [2.45, 2.75) is 20.8 Å². The number of ether oxygens (including phenoxy) is 4. The normalized spacial score (nSPS) is 10.0. The largest absolute Gasteiger partial charge is 0.431 e. The quantitative estimate of drug-likeness (QED) is 0.0535. The molecule has 0 unspecified atom stereocenters. The number of carbonyl (C=O) groups excluding carboxylic acids is 4. The van der Waals surface area contributed by atoms with Crippen LogP contribution in [0.3, 0.4) is 0 Å². The number of esters is 4. The van der Waals surface area contributed by atoms with Gasteiger partial charge in [-0.15, -0.1) is 0 Å². The molecule has 0 atom stereocenters. The second kappa shape index (κ2) is 18.0. The predicted octanol–water partition coefficient (Wildman–Crippen LogP) is 8.30. The lowest BCUT2D eigenvalue weighted by atomic mass is 10.0. The average molecular weight is 703 g/mol. The Morgan fingerprint density at radius 3 is 1.47 bits per heavy atom. The Balaban J connectivity index is 1.69. The lowest BCUT2D eigenvalue weighted by molar-refractivity contribution is -0.133.